The van der Waals surface area contributed by atoms with E-state index in [0.29, 0.717) is 12.8 Å². The summed E-state index contributed by atoms with van der Waals surface area (Å²) < 4.78 is 4.98. The molecule has 0 saturated carbocycles. The molecule has 98 valence electrons. The SMILES string of the molecule is COC(=O)C1(C2(O)CCNCC2)CCSCC1. The maximum absolute atomic E-state index is 12.2. The van der Waals surface area contributed by atoms with Gasteiger partial charge in [-0.1, -0.05) is 0 Å². The molecular formula is C12H21NO3S. The van der Waals surface area contributed by atoms with Gasteiger partial charge < -0.3 is 15.2 Å². The van der Waals surface area contributed by atoms with Gasteiger partial charge in [0.15, 0.2) is 0 Å². The van der Waals surface area contributed by atoms with Crippen molar-refractivity contribution in [1.29, 1.82) is 0 Å². The third-order valence-corrected chi connectivity index (χ3v) is 5.23. The molecule has 0 spiro atoms. The molecule has 2 N–H and O–H groups in total. The van der Waals surface area contributed by atoms with Crippen LogP contribution in [0.3, 0.4) is 0 Å². The number of hydrogen-bond donors (Lipinski definition) is 2. The van der Waals surface area contributed by atoms with Crippen LogP contribution in [-0.4, -0.2) is 48.4 Å². The lowest BCUT2D eigenvalue weighted by Crippen LogP contribution is -2.59. The van der Waals surface area contributed by atoms with E-state index < -0.39 is 11.0 Å². The predicted octanol–water partition coefficient (Wildman–Crippen LogP) is 0.787. The van der Waals surface area contributed by atoms with E-state index in [1.807, 2.05) is 11.8 Å². The van der Waals surface area contributed by atoms with Crippen molar-refractivity contribution in [2.75, 3.05) is 31.7 Å². The molecule has 4 nitrogen and oxygen atoms in total. The van der Waals surface area contributed by atoms with E-state index in [-0.39, 0.29) is 5.97 Å². The molecule has 0 unspecified atom stereocenters. The highest BCUT2D eigenvalue weighted by atomic mass is 32.2. The van der Waals surface area contributed by atoms with Crippen LogP contribution in [0.5, 0.6) is 0 Å². The predicted molar refractivity (Wildman–Crippen MR) is 68.1 cm³/mol. The first-order valence-electron chi connectivity index (χ1n) is 6.24. The van der Waals surface area contributed by atoms with E-state index >= 15 is 0 Å². The van der Waals surface area contributed by atoms with Crippen LogP contribution in [0.4, 0.5) is 0 Å². The molecule has 5 heteroatoms. The second-order valence-electron chi connectivity index (χ2n) is 4.97. The van der Waals surface area contributed by atoms with Crippen molar-refractivity contribution < 1.29 is 14.6 Å². The van der Waals surface area contributed by atoms with E-state index in [1.165, 1.54) is 7.11 Å². The van der Waals surface area contributed by atoms with Crippen molar-refractivity contribution >= 4 is 17.7 Å². The first kappa shape index (κ1) is 13.2. The minimum Gasteiger partial charge on any atom is -0.469 e. The Hall–Kier alpha value is -0.260. The highest BCUT2D eigenvalue weighted by Crippen LogP contribution is 2.48. The summed E-state index contributed by atoms with van der Waals surface area (Å²) in [5.74, 6) is 1.65. The van der Waals surface area contributed by atoms with Crippen LogP contribution in [0.25, 0.3) is 0 Å². The zero-order valence-corrected chi connectivity index (χ0v) is 11.1. The first-order valence-corrected chi connectivity index (χ1v) is 7.39. The zero-order chi connectivity index (χ0) is 12.4. The summed E-state index contributed by atoms with van der Waals surface area (Å²) in [6.45, 7) is 1.56. The van der Waals surface area contributed by atoms with E-state index in [0.717, 1.165) is 37.4 Å². The van der Waals surface area contributed by atoms with Crippen molar-refractivity contribution in [1.82, 2.24) is 5.32 Å². The van der Waals surface area contributed by atoms with Gasteiger partial charge in [-0.15, -0.1) is 0 Å². The number of carbonyl (C=O) groups excluding carboxylic acids is 1. The largest absolute Gasteiger partial charge is 0.469 e. The molecule has 2 fully saturated rings. The van der Waals surface area contributed by atoms with Crippen molar-refractivity contribution in [3.63, 3.8) is 0 Å². The Labute approximate surface area is 106 Å². The number of carbonyl (C=O) groups is 1. The lowest BCUT2D eigenvalue weighted by atomic mass is 9.64. The average Bonchev–Trinajstić information content (AvgIpc) is 2.39. The van der Waals surface area contributed by atoms with Crippen LogP contribution in [0, 0.1) is 5.41 Å². The Balaban J connectivity index is 2.27. The summed E-state index contributed by atoms with van der Waals surface area (Å²) in [5, 5.41) is 14.1. The van der Waals surface area contributed by atoms with E-state index in [9.17, 15) is 9.90 Å². The maximum atomic E-state index is 12.2. The van der Waals surface area contributed by atoms with Gasteiger partial charge in [0.05, 0.1) is 18.1 Å². The molecule has 2 rings (SSSR count). The molecule has 0 bridgehead atoms. The van der Waals surface area contributed by atoms with Gasteiger partial charge in [0.1, 0.15) is 0 Å². The Kier molecular flexibility index (Phi) is 4.00. The van der Waals surface area contributed by atoms with Gasteiger partial charge in [0.25, 0.3) is 0 Å². The van der Waals surface area contributed by atoms with Gasteiger partial charge in [-0.05, 0) is 50.3 Å². The van der Waals surface area contributed by atoms with Gasteiger partial charge in [0.2, 0.25) is 0 Å². The monoisotopic (exact) mass is 259 g/mol. The maximum Gasteiger partial charge on any atom is 0.314 e. The molecule has 2 aliphatic rings. The van der Waals surface area contributed by atoms with Gasteiger partial charge in [-0.3, -0.25) is 4.79 Å². The number of piperidine rings is 1. The van der Waals surface area contributed by atoms with Crippen LogP contribution in [-0.2, 0) is 9.53 Å². The second kappa shape index (κ2) is 5.16. The molecule has 0 radical (unpaired) electrons. The summed E-state index contributed by atoms with van der Waals surface area (Å²) in [6.07, 6.45) is 2.77. The van der Waals surface area contributed by atoms with Crippen LogP contribution in [0.15, 0.2) is 0 Å². The first-order chi connectivity index (χ1) is 8.15. The normalized spacial score (nSPS) is 27.4. The van der Waals surface area contributed by atoms with E-state index in [1.54, 1.807) is 0 Å². The number of hydrogen-bond acceptors (Lipinski definition) is 5. The topological polar surface area (TPSA) is 58.6 Å². The number of thioether (sulfide) groups is 1. The molecule has 0 aliphatic carbocycles. The number of esters is 1. The highest BCUT2D eigenvalue weighted by Gasteiger charge is 2.56. The van der Waals surface area contributed by atoms with Gasteiger partial charge >= 0.3 is 5.97 Å². The zero-order valence-electron chi connectivity index (χ0n) is 10.3. The molecule has 0 atom stereocenters. The standard InChI is InChI=1S/C12H21NO3S/c1-16-10(14)11(4-8-17-9-5-11)12(15)2-6-13-7-3-12/h13,15H,2-9H2,1H3. The van der Waals surface area contributed by atoms with Crippen molar-refractivity contribution in [3.05, 3.63) is 0 Å². The fourth-order valence-corrected chi connectivity index (χ4v) is 4.28. The third kappa shape index (κ3) is 2.20. The number of rotatable bonds is 2. The molecule has 0 amide bonds. The van der Waals surface area contributed by atoms with Crippen LogP contribution in [0.2, 0.25) is 0 Å². The number of aliphatic hydroxyl groups is 1. The third-order valence-electron chi connectivity index (χ3n) is 4.24. The van der Waals surface area contributed by atoms with Gasteiger partial charge in [-0.2, -0.15) is 11.8 Å². The van der Waals surface area contributed by atoms with E-state index in [2.05, 4.69) is 5.32 Å². The van der Waals surface area contributed by atoms with Crippen LogP contribution in [0.1, 0.15) is 25.7 Å². The van der Waals surface area contributed by atoms with E-state index in [4.69, 9.17) is 4.74 Å². The number of nitrogens with one attached hydrogen (secondary N) is 1. The number of ether oxygens (including phenoxy) is 1. The second-order valence-corrected chi connectivity index (χ2v) is 6.19. The fourth-order valence-electron chi connectivity index (χ4n) is 3.09. The molecule has 0 aromatic rings. The highest BCUT2D eigenvalue weighted by molar-refractivity contribution is 7.99. The lowest BCUT2D eigenvalue weighted by Gasteiger charge is -2.49. The minimum absolute atomic E-state index is 0.220. The summed E-state index contributed by atoms with van der Waals surface area (Å²) in [6, 6.07) is 0. The molecule has 17 heavy (non-hydrogen) atoms. The van der Waals surface area contributed by atoms with Gasteiger partial charge in [0, 0.05) is 0 Å². The summed E-state index contributed by atoms with van der Waals surface area (Å²) in [5.41, 5.74) is -1.55. The molecule has 0 aromatic heterocycles. The smallest absolute Gasteiger partial charge is 0.314 e. The fraction of sp³-hybridized carbons (Fsp3) is 0.917. The van der Waals surface area contributed by atoms with Crippen molar-refractivity contribution in [2.24, 2.45) is 5.41 Å². The molecule has 2 saturated heterocycles. The minimum atomic E-state index is -0.883. The van der Waals surface area contributed by atoms with Crippen LogP contribution < -0.4 is 5.32 Å². The lowest BCUT2D eigenvalue weighted by molar-refractivity contribution is -0.179. The Morgan fingerprint density at radius 3 is 2.35 bits per heavy atom. The Bertz CT molecular complexity index is 283. The summed E-state index contributed by atoms with van der Waals surface area (Å²) >= 11 is 1.85. The molecule has 0 aromatic carbocycles. The quantitative estimate of drug-likeness (QED) is 0.718. The molecular weight excluding hydrogens is 238 g/mol. The Morgan fingerprint density at radius 2 is 1.82 bits per heavy atom. The Morgan fingerprint density at radius 1 is 1.24 bits per heavy atom. The summed E-state index contributed by atoms with van der Waals surface area (Å²) in [7, 11) is 1.43. The van der Waals surface area contributed by atoms with Crippen molar-refractivity contribution in [2.45, 2.75) is 31.3 Å². The summed E-state index contributed by atoms with van der Waals surface area (Å²) in [4.78, 5) is 12.2. The number of methoxy groups -OCH3 is 1. The van der Waals surface area contributed by atoms with Crippen molar-refractivity contribution in [3.8, 4) is 0 Å². The molecule has 2 aliphatic heterocycles. The van der Waals surface area contributed by atoms with Crippen LogP contribution >= 0.6 is 11.8 Å². The van der Waals surface area contributed by atoms with Gasteiger partial charge in [-0.25, -0.2) is 0 Å². The molecule has 2 heterocycles. The average molecular weight is 259 g/mol.